The minimum atomic E-state index is -3.96. The van der Waals surface area contributed by atoms with Crippen molar-refractivity contribution in [2.75, 3.05) is 13.2 Å². The van der Waals surface area contributed by atoms with E-state index in [9.17, 15) is 18.9 Å². The SMILES string of the molecule is CCCCC(CC)COP(=O)(OC=O)OCC(CC)CCC(=O)C=O. The normalized spacial score (nSPS) is 15.8. The van der Waals surface area contributed by atoms with Gasteiger partial charge in [0.2, 0.25) is 0 Å². The fourth-order valence-electron chi connectivity index (χ4n) is 2.25. The Morgan fingerprint density at radius 3 is 2.00 bits per heavy atom. The Morgan fingerprint density at radius 1 is 1.00 bits per heavy atom. The molecule has 0 saturated heterocycles. The molecule has 0 spiro atoms. The van der Waals surface area contributed by atoms with Crippen molar-refractivity contribution in [3.63, 3.8) is 0 Å². The van der Waals surface area contributed by atoms with Crippen molar-refractivity contribution in [3.05, 3.63) is 0 Å². The van der Waals surface area contributed by atoms with Crippen LogP contribution >= 0.6 is 7.82 Å². The molecule has 8 heteroatoms. The Labute approximate surface area is 150 Å². The third-order valence-corrected chi connectivity index (χ3v) is 5.43. The number of Topliss-reactive ketones (excluding diaryl/α,β-unsaturated/α-hetero) is 1. The summed E-state index contributed by atoms with van der Waals surface area (Å²) in [5, 5.41) is 0. The van der Waals surface area contributed by atoms with E-state index in [0.717, 1.165) is 25.7 Å². The molecule has 0 saturated carbocycles. The average Bonchev–Trinajstić information content (AvgIpc) is 2.62. The molecule has 0 aliphatic heterocycles. The van der Waals surface area contributed by atoms with E-state index in [2.05, 4.69) is 11.4 Å². The quantitative estimate of drug-likeness (QED) is 0.214. The molecule has 0 bridgehead atoms. The molecule has 0 aromatic rings. The molecule has 146 valence electrons. The van der Waals surface area contributed by atoms with Gasteiger partial charge in [-0.2, -0.15) is 0 Å². The van der Waals surface area contributed by atoms with Crippen molar-refractivity contribution >= 4 is 26.4 Å². The molecule has 3 atom stereocenters. The summed E-state index contributed by atoms with van der Waals surface area (Å²) in [6.45, 7) is 6.29. The second-order valence-electron chi connectivity index (χ2n) is 6.05. The van der Waals surface area contributed by atoms with E-state index in [-0.39, 0.29) is 44.2 Å². The summed E-state index contributed by atoms with van der Waals surface area (Å²) >= 11 is 0. The first-order chi connectivity index (χ1) is 11.9. The number of unbranched alkanes of at least 4 members (excludes halogenated alkanes) is 1. The number of hydrogen-bond donors (Lipinski definition) is 0. The molecule has 0 aliphatic rings. The van der Waals surface area contributed by atoms with Gasteiger partial charge in [-0.1, -0.05) is 46.5 Å². The predicted octanol–water partition coefficient (Wildman–Crippen LogP) is 4.09. The molecule has 7 nitrogen and oxygen atoms in total. The van der Waals surface area contributed by atoms with Crippen molar-refractivity contribution in [2.24, 2.45) is 11.8 Å². The van der Waals surface area contributed by atoms with Gasteiger partial charge in [-0.25, -0.2) is 4.57 Å². The van der Waals surface area contributed by atoms with Crippen LogP contribution in [0, 0.1) is 11.8 Å². The van der Waals surface area contributed by atoms with Crippen LogP contribution in [0.25, 0.3) is 0 Å². The van der Waals surface area contributed by atoms with Gasteiger partial charge in [-0.3, -0.25) is 23.4 Å². The number of phosphoric acid groups is 1. The van der Waals surface area contributed by atoms with E-state index in [1.807, 2.05) is 13.8 Å². The first kappa shape index (κ1) is 24.0. The number of ketones is 1. The van der Waals surface area contributed by atoms with Gasteiger partial charge in [0, 0.05) is 6.42 Å². The molecule has 0 aliphatic carbocycles. The predicted molar refractivity (Wildman–Crippen MR) is 94.1 cm³/mol. The Morgan fingerprint density at radius 2 is 1.56 bits per heavy atom. The molecule has 0 aromatic heterocycles. The van der Waals surface area contributed by atoms with Crippen LogP contribution in [0.1, 0.15) is 65.7 Å². The van der Waals surface area contributed by atoms with Gasteiger partial charge in [0.05, 0.1) is 13.2 Å². The Bertz CT molecular complexity index is 439. The van der Waals surface area contributed by atoms with Crippen molar-refractivity contribution in [1.29, 1.82) is 0 Å². The van der Waals surface area contributed by atoms with E-state index >= 15 is 0 Å². The molecule has 0 amide bonds. The molecular formula is C17H31O7P. The standard InChI is InChI=1S/C17H31O7P/c1-4-7-8-15(5-2)12-22-25(21,24-14-19)23-13-16(6-3)9-10-17(20)11-18/h11,14-16H,4-10,12-13H2,1-3H3. The maximum absolute atomic E-state index is 12.5. The zero-order valence-corrected chi connectivity index (χ0v) is 16.4. The van der Waals surface area contributed by atoms with Gasteiger partial charge in [0.15, 0.2) is 12.1 Å². The number of phosphoric ester groups is 1. The highest BCUT2D eigenvalue weighted by atomic mass is 31.2. The highest BCUT2D eigenvalue weighted by Gasteiger charge is 2.30. The van der Waals surface area contributed by atoms with Crippen molar-refractivity contribution in [2.45, 2.75) is 65.7 Å². The van der Waals surface area contributed by atoms with Crippen molar-refractivity contribution < 1.29 is 32.5 Å². The summed E-state index contributed by atoms with van der Waals surface area (Å²) in [5.74, 6) is -0.346. The summed E-state index contributed by atoms with van der Waals surface area (Å²) in [6.07, 6.45) is 5.42. The van der Waals surface area contributed by atoms with E-state index in [0.29, 0.717) is 12.8 Å². The van der Waals surface area contributed by atoms with Gasteiger partial charge >= 0.3 is 14.3 Å². The summed E-state index contributed by atoms with van der Waals surface area (Å²) in [6, 6.07) is 0. The molecule has 0 heterocycles. The summed E-state index contributed by atoms with van der Waals surface area (Å²) in [4.78, 5) is 32.1. The third kappa shape index (κ3) is 11.2. The Balaban J connectivity index is 4.56. The fourth-order valence-corrected chi connectivity index (χ4v) is 3.34. The number of hydrogen-bond acceptors (Lipinski definition) is 7. The maximum atomic E-state index is 12.5. The number of carbonyl (C=O) groups is 3. The summed E-state index contributed by atoms with van der Waals surface area (Å²) < 4.78 is 27.7. The van der Waals surface area contributed by atoms with E-state index in [4.69, 9.17) is 9.05 Å². The lowest BCUT2D eigenvalue weighted by molar-refractivity contribution is -0.130. The lowest BCUT2D eigenvalue weighted by atomic mass is 10.0. The van der Waals surface area contributed by atoms with Gasteiger partial charge < -0.3 is 4.52 Å². The van der Waals surface area contributed by atoms with Gasteiger partial charge in [-0.15, -0.1) is 0 Å². The minimum Gasteiger partial charge on any atom is -0.373 e. The van der Waals surface area contributed by atoms with Crippen molar-refractivity contribution in [1.82, 2.24) is 0 Å². The molecule has 25 heavy (non-hydrogen) atoms. The lowest BCUT2D eigenvalue weighted by Gasteiger charge is -2.21. The lowest BCUT2D eigenvalue weighted by Crippen LogP contribution is -2.14. The molecule has 0 radical (unpaired) electrons. The number of aldehydes is 1. The number of rotatable bonds is 17. The second-order valence-corrected chi connectivity index (χ2v) is 7.68. The van der Waals surface area contributed by atoms with Gasteiger partial charge in [-0.05, 0) is 24.7 Å². The monoisotopic (exact) mass is 378 g/mol. The van der Waals surface area contributed by atoms with Gasteiger partial charge in [0.1, 0.15) is 0 Å². The van der Waals surface area contributed by atoms with Crippen LogP contribution in [-0.4, -0.2) is 31.8 Å². The van der Waals surface area contributed by atoms with E-state index in [1.54, 1.807) is 0 Å². The average molecular weight is 378 g/mol. The van der Waals surface area contributed by atoms with Crippen LogP contribution in [0.4, 0.5) is 0 Å². The molecular weight excluding hydrogens is 347 g/mol. The van der Waals surface area contributed by atoms with Gasteiger partial charge in [0.25, 0.3) is 0 Å². The van der Waals surface area contributed by atoms with Crippen molar-refractivity contribution in [3.8, 4) is 0 Å². The largest absolute Gasteiger partial charge is 0.532 e. The molecule has 0 aromatic carbocycles. The van der Waals surface area contributed by atoms with Crippen LogP contribution in [0.3, 0.4) is 0 Å². The zero-order valence-electron chi connectivity index (χ0n) is 15.5. The van der Waals surface area contributed by atoms with Crippen LogP contribution in [-0.2, 0) is 32.5 Å². The van der Waals surface area contributed by atoms with Crippen LogP contribution < -0.4 is 0 Å². The molecule has 0 N–H and O–H groups in total. The van der Waals surface area contributed by atoms with Crippen LogP contribution in [0.2, 0.25) is 0 Å². The first-order valence-corrected chi connectivity index (χ1v) is 10.4. The topological polar surface area (TPSA) is 96.0 Å². The van der Waals surface area contributed by atoms with E-state index < -0.39 is 13.6 Å². The Hall–Kier alpha value is -1.04. The van der Waals surface area contributed by atoms with Crippen LogP contribution in [0.15, 0.2) is 0 Å². The Kier molecular flexibility index (Phi) is 13.6. The molecule has 0 fully saturated rings. The number of carbonyl (C=O) groups excluding carboxylic acids is 3. The smallest absolute Gasteiger partial charge is 0.373 e. The minimum absolute atomic E-state index is 0.0273. The summed E-state index contributed by atoms with van der Waals surface area (Å²) in [7, 11) is -3.96. The highest BCUT2D eigenvalue weighted by molar-refractivity contribution is 7.49. The molecule has 3 unspecified atom stereocenters. The molecule has 0 rings (SSSR count). The zero-order chi connectivity index (χ0) is 19.1. The second kappa shape index (κ2) is 14.2. The van der Waals surface area contributed by atoms with Crippen LogP contribution in [0.5, 0.6) is 0 Å². The summed E-state index contributed by atoms with van der Waals surface area (Å²) in [5.41, 5.74) is 0. The highest BCUT2D eigenvalue weighted by Crippen LogP contribution is 2.50. The first-order valence-electron chi connectivity index (χ1n) is 8.93. The fraction of sp³-hybridized carbons (Fsp3) is 0.824. The third-order valence-electron chi connectivity index (χ3n) is 4.16. The maximum Gasteiger partial charge on any atom is 0.532 e. The van der Waals surface area contributed by atoms with E-state index in [1.165, 1.54) is 0 Å².